The summed E-state index contributed by atoms with van der Waals surface area (Å²) in [7, 11) is 0. The molecule has 0 aliphatic carbocycles. The molecule has 1 aliphatic rings. The molecule has 9 nitrogen and oxygen atoms in total. The van der Waals surface area contributed by atoms with Gasteiger partial charge in [0.2, 0.25) is 8.77 Å². The van der Waals surface area contributed by atoms with Gasteiger partial charge in [-0.2, -0.15) is 0 Å². The van der Waals surface area contributed by atoms with Crippen LogP contribution in [-0.2, 0) is 27.1 Å². The number of ether oxygens (including phenoxy) is 3. The summed E-state index contributed by atoms with van der Waals surface area (Å²) in [5, 5.41) is 12.6. The Morgan fingerprint density at radius 1 is 0.976 bits per heavy atom. The summed E-state index contributed by atoms with van der Waals surface area (Å²) in [6.45, 7) is 0. The normalized spacial score (nSPS) is 20.7. The van der Waals surface area contributed by atoms with Crippen molar-refractivity contribution in [2.24, 2.45) is 0 Å². The largest absolute Gasteiger partial charge is 0.468 e. The van der Waals surface area contributed by atoms with Crippen LogP contribution < -0.4 is 5.56 Å². The van der Waals surface area contributed by atoms with Crippen LogP contribution in [0.1, 0.15) is 17.4 Å². The van der Waals surface area contributed by atoms with Gasteiger partial charge in [-0.15, -0.1) is 0 Å². The molecular formula is C28H28N4O5S4. The molecule has 2 aromatic carbocycles. The molecule has 3 heterocycles. The van der Waals surface area contributed by atoms with Crippen LogP contribution in [0.3, 0.4) is 0 Å². The van der Waals surface area contributed by atoms with E-state index < -0.39 is 30.1 Å². The molecule has 4 atom stereocenters. The number of benzene rings is 2. The molecule has 1 saturated heterocycles. The van der Waals surface area contributed by atoms with E-state index >= 15 is 0 Å². The fourth-order valence-corrected chi connectivity index (χ4v) is 5.72. The molecule has 0 amide bonds. The van der Waals surface area contributed by atoms with Crippen molar-refractivity contribution in [3.05, 3.63) is 94.8 Å². The van der Waals surface area contributed by atoms with Gasteiger partial charge in [-0.25, -0.2) is 9.97 Å². The highest BCUT2D eigenvalue weighted by Gasteiger charge is 2.58. The van der Waals surface area contributed by atoms with Crippen LogP contribution in [0.2, 0.25) is 0 Å². The third-order valence-electron chi connectivity index (χ3n) is 6.86. The number of nitrogens with zero attached hydrogens (tertiary/aromatic N) is 3. The Balaban J connectivity index is 1.64. The number of thiocarbonyl (C=S) groups is 2. The molecular weight excluding hydrogens is 601 g/mol. The smallest absolute Gasteiger partial charge is 0.278 e. The maximum Gasteiger partial charge on any atom is 0.278 e. The summed E-state index contributed by atoms with van der Waals surface area (Å²) >= 11 is 13.5. The molecule has 0 saturated carbocycles. The SMILES string of the molecule is CSC(=S)O[C@@H]1[C@H](OC(=S)SC)[C@@H](C(O)(Cc2ccccc2)Cc2ccccc2)O[C@H]1n1cnc2c(=O)[nH]cnc21. The average Bonchev–Trinajstić information content (AvgIpc) is 3.56. The highest BCUT2D eigenvalue weighted by molar-refractivity contribution is 8.22. The lowest BCUT2D eigenvalue weighted by Crippen LogP contribution is -2.53. The zero-order chi connectivity index (χ0) is 29.0. The molecule has 1 fully saturated rings. The predicted molar refractivity (Wildman–Crippen MR) is 169 cm³/mol. The first kappa shape index (κ1) is 29.7. The quantitative estimate of drug-likeness (QED) is 0.273. The second kappa shape index (κ2) is 13.0. The first-order valence-electron chi connectivity index (χ1n) is 12.7. The van der Waals surface area contributed by atoms with Crippen molar-refractivity contribution in [3.8, 4) is 0 Å². The van der Waals surface area contributed by atoms with Crippen LogP contribution in [-0.4, -0.2) is 69.8 Å². The van der Waals surface area contributed by atoms with Crippen LogP contribution in [0.15, 0.2) is 78.1 Å². The van der Waals surface area contributed by atoms with Crippen LogP contribution >= 0.6 is 48.0 Å². The second-order valence-electron chi connectivity index (χ2n) is 9.50. The Hall–Kier alpha value is -2.81. The lowest BCUT2D eigenvalue weighted by molar-refractivity contribution is -0.137. The van der Waals surface area contributed by atoms with Gasteiger partial charge >= 0.3 is 0 Å². The number of aromatic nitrogens is 4. The Labute approximate surface area is 256 Å². The van der Waals surface area contributed by atoms with Crippen LogP contribution in [0.5, 0.6) is 0 Å². The minimum Gasteiger partial charge on any atom is -0.468 e. The summed E-state index contributed by atoms with van der Waals surface area (Å²) in [6, 6.07) is 19.4. The molecule has 1 aliphatic heterocycles. The maximum atomic E-state index is 12.6. The van der Waals surface area contributed by atoms with Crippen LogP contribution in [0.4, 0.5) is 0 Å². The minimum atomic E-state index is -1.47. The summed E-state index contributed by atoms with van der Waals surface area (Å²) in [5.74, 6) is 0. The highest BCUT2D eigenvalue weighted by Crippen LogP contribution is 2.42. The van der Waals surface area contributed by atoms with E-state index in [1.54, 1.807) is 4.57 Å². The molecule has 5 rings (SSSR count). The number of rotatable bonds is 8. The lowest BCUT2D eigenvalue weighted by Gasteiger charge is -2.37. The van der Waals surface area contributed by atoms with Crippen molar-refractivity contribution >= 4 is 67.9 Å². The Kier molecular flexibility index (Phi) is 9.42. The Morgan fingerprint density at radius 3 is 2.10 bits per heavy atom. The van der Waals surface area contributed by atoms with E-state index in [-0.39, 0.29) is 32.7 Å². The number of thioether (sulfide) groups is 2. The number of hydrogen-bond donors (Lipinski definition) is 2. The van der Waals surface area contributed by atoms with Gasteiger partial charge in [0.15, 0.2) is 29.6 Å². The molecule has 0 spiro atoms. The fraction of sp³-hybridized carbons (Fsp3) is 0.321. The number of imidazole rings is 1. The zero-order valence-corrected chi connectivity index (χ0v) is 25.5. The van der Waals surface area contributed by atoms with Crippen molar-refractivity contribution in [3.63, 3.8) is 0 Å². The van der Waals surface area contributed by atoms with Crippen LogP contribution in [0.25, 0.3) is 11.2 Å². The van der Waals surface area contributed by atoms with Crippen molar-refractivity contribution in [2.45, 2.75) is 43.0 Å². The van der Waals surface area contributed by atoms with Gasteiger partial charge in [0.05, 0.1) is 12.7 Å². The van der Waals surface area contributed by atoms with E-state index in [4.69, 9.17) is 38.6 Å². The third kappa shape index (κ3) is 6.50. The number of aliphatic hydroxyl groups is 1. The summed E-state index contributed by atoms with van der Waals surface area (Å²) in [6.07, 6.45) is 3.33. The maximum absolute atomic E-state index is 12.6. The fourth-order valence-electron chi connectivity index (χ4n) is 5.08. The summed E-state index contributed by atoms with van der Waals surface area (Å²) < 4.78 is 21.4. The summed E-state index contributed by atoms with van der Waals surface area (Å²) in [4.78, 5) is 23.6. The van der Waals surface area contributed by atoms with E-state index in [0.717, 1.165) is 11.1 Å². The molecule has 4 aromatic rings. The molecule has 214 valence electrons. The molecule has 2 aromatic heterocycles. The van der Waals surface area contributed by atoms with Gasteiger partial charge in [-0.1, -0.05) is 84.2 Å². The highest BCUT2D eigenvalue weighted by atomic mass is 32.2. The monoisotopic (exact) mass is 628 g/mol. The van der Waals surface area contributed by atoms with Gasteiger partial charge < -0.3 is 24.3 Å². The van der Waals surface area contributed by atoms with Gasteiger partial charge in [-0.05, 0) is 48.1 Å². The van der Waals surface area contributed by atoms with E-state index in [0.29, 0.717) is 5.65 Å². The number of nitrogens with one attached hydrogen (secondary N) is 1. The van der Waals surface area contributed by atoms with Crippen LogP contribution in [0, 0.1) is 0 Å². The zero-order valence-electron chi connectivity index (χ0n) is 22.2. The number of hydrogen-bond acceptors (Lipinski definition) is 11. The van der Waals surface area contributed by atoms with E-state index in [1.807, 2.05) is 73.2 Å². The summed E-state index contributed by atoms with van der Waals surface area (Å²) in [5.41, 5.74) is 0.419. The molecule has 2 N–H and O–H groups in total. The van der Waals surface area contributed by atoms with Gasteiger partial charge in [0.25, 0.3) is 5.56 Å². The van der Waals surface area contributed by atoms with E-state index in [1.165, 1.54) is 36.2 Å². The molecule has 0 bridgehead atoms. The van der Waals surface area contributed by atoms with Crippen molar-refractivity contribution < 1.29 is 19.3 Å². The Morgan fingerprint density at radius 2 is 1.54 bits per heavy atom. The Bertz CT molecular complexity index is 1520. The minimum absolute atomic E-state index is 0.145. The molecule has 0 unspecified atom stereocenters. The average molecular weight is 629 g/mol. The first-order chi connectivity index (χ1) is 19.8. The van der Waals surface area contributed by atoms with Gasteiger partial charge in [0, 0.05) is 12.8 Å². The molecule has 0 radical (unpaired) electrons. The van der Waals surface area contributed by atoms with Crippen molar-refractivity contribution in [2.75, 3.05) is 12.5 Å². The number of aromatic amines is 1. The lowest BCUT2D eigenvalue weighted by atomic mass is 9.81. The number of H-pyrrole nitrogens is 1. The number of fused-ring (bicyclic) bond motifs is 1. The predicted octanol–water partition coefficient (Wildman–Crippen LogP) is 4.30. The van der Waals surface area contributed by atoms with Crippen molar-refractivity contribution in [1.82, 2.24) is 19.5 Å². The third-order valence-corrected chi connectivity index (χ3v) is 8.91. The topological polar surface area (TPSA) is 111 Å². The van der Waals surface area contributed by atoms with Gasteiger partial charge in [-0.3, -0.25) is 9.36 Å². The van der Waals surface area contributed by atoms with E-state index in [2.05, 4.69) is 15.0 Å². The standard InChI is InChI=1S/C28H28N4O5S4/c1-40-26(38)35-20-21(36-27(39)41-2)25(32-16-31-19-23(32)29-15-30-24(19)33)37-22(20)28(34,13-17-9-5-3-6-10-17)14-18-11-7-4-8-12-18/h3-12,15-16,20-22,25,34H,13-14H2,1-2H3,(H,29,30,33)/t20-,21+,22-,25+/m0/s1. The van der Waals surface area contributed by atoms with Crippen molar-refractivity contribution in [1.29, 1.82) is 0 Å². The molecule has 13 heteroatoms. The first-order valence-corrected chi connectivity index (χ1v) is 15.9. The van der Waals surface area contributed by atoms with Gasteiger partial charge in [0.1, 0.15) is 11.7 Å². The molecule has 41 heavy (non-hydrogen) atoms. The van der Waals surface area contributed by atoms with E-state index in [9.17, 15) is 9.90 Å². The second-order valence-corrected chi connectivity index (χ2v) is 12.3.